The Kier molecular flexibility index (Phi) is 8.41. The predicted molar refractivity (Wildman–Crippen MR) is 157 cm³/mol. The number of amides is 1. The molecule has 0 aliphatic heterocycles. The fourth-order valence-electron chi connectivity index (χ4n) is 4.28. The van der Waals surface area contributed by atoms with Crippen molar-refractivity contribution in [2.45, 2.75) is 18.9 Å². The highest BCUT2D eigenvalue weighted by Gasteiger charge is 2.19. The van der Waals surface area contributed by atoms with Gasteiger partial charge in [0.1, 0.15) is 22.7 Å². The summed E-state index contributed by atoms with van der Waals surface area (Å²) in [5, 5.41) is 4.46. The zero-order chi connectivity index (χ0) is 27.9. The normalized spacial score (nSPS) is 10.8. The van der Waals surface area contributed by atoms with Gasteiger partial charge in [0.15, 0.2) is 0 Å². The minimum absolute atomic E-state index is 0.147. The highest BCUT2D eigenvalue weighted by atomic mass is 32.2. The standard InChI is InChI=1S/C31H28N4O4S/c1-3-38-25-16-14-24(15-17-25)35-18-26(21-8-6-5-7-9-21)28-29(35)32-20-33-30(28)40-19-27(36)34-23-12-10-22(11-13-23)31(37)39-4-2/h5-18,20H,3-4,19H2,1-2H3,(H,34,36). The van der Waals surface area contributed by atoms with Crippen LogP contribution in [-0.2, 0) is 9.53 Å². The number of aromatic nitrogens is 3. The van der Waals surface area contributed by atoms with E-state index in [0.717, 1.165) is 33.6 Å². The Labute approximate surface area is 236 Å². The van der Waals surface area contributed by atoms with Gasteiger partial charge < -0.3 is 19.4 Å². The van der Waals surface area contributed by atoms with Gasteiger partial charge in [-0.25, -0.2) is 14.8 Å². The molecule has 0 aliphatic rings. The number of rotatable bonds is 10. The molecule has 2 aromatic heterocycles. The van der Waals surface area contributed by atoms with Gasteiger partial charge in [-0.05, 0) is 67.9 Å². The van der Waals surface area contributed by atoms with E-state index in [0.29, 0.717) is 29.5 Å². The number of nitrogens with zero attached hydrogens (tertiary/aromatic N) is 3. The molecule has 8 nitrogen and oxygen atoms in total. The van der Waals surface area contributed by atoms with Gasteiger partial charge in [-0.1, -0.05) is 42.1 Å². The number of ether oxygens (including phenoxy) is 2. The van der Waals surface area contributed by atoms with Crippen LogP contribution >= 0.6 is 11.8 Å². The topological polar surface area (TPSA) is 95.3 Å². The van der Waals surface area contributed by atoms with Gasteiger partial charge in [0, 0.05) is 23.1 Å². The number of esters is 1. The molecule has 3 aromatic carbocycles. The summed E-state index contributed by atoms with van der Waals surface area (Å²) in [7, 11) is 0. The molecule has 5 rings (SSSR count). The first-order chi connectivity index (χ1) is 19.6. The number of anilines is 1. The average molecular weight is 553 g/mol. The number of fused-ring (bicyclic) bond motifs is 1. The van der Waals surface area contributed by atoms with Crippen molar-refractivity contribution in [2.24, 2.45) is 0 Å². The molecule has 0 unspecified atom stereocenters. The van der Waals surface area contributed by atoms with Crippen LogP contribution in [0.1, 0.15) is 24.2 Å². The number of benzene rings is 3. The van der Waals surface area contributed by atoms with E-state index < -0.39 is 5.97 Å². The molecule has 1 amide bonds. The highest BCUT2D eigenvalue weighted by molar-refractivity contribution is 8.00. The number of thioether (sulfide) groups is 1. The van der Waals surface area contributed by atoms with Crippen LogP contribution in [-0.4, -0.2) is 45.4 Å². The molecule has 2 heterocycles. The lowest BCUT2D eigenvalue weighted by molar-refractivity contribution is -0.113. The highest BCUT2D eigenvalue weighted by Crippen LogP contribution is 2.37. The fraction of sp³-hybridized carbons (Fsp3) is 0.161. The van der Waals surface area contributed by atoms with Crippen molar-refractivity contribution in [2.75, 3.05) is 24.3 Å². The lowest BCUT2D eigenvalue weighted by Crippen LogP contribution is -2.14. The van der Waals surface area contributed by atoms with Gasteiger partial charge in [-0.3, -0.25) is 4.79 Å². The molecule has 202 valence electrons. The van der Waals surface area contributed by atoms with Crippen molar-refractivity contribution in [3.8, 4) is 22.6 Å². The van der Waals surface area contributed by atoms with Gasteiger partial charge in [-0.2, -0.15) is 0 Å². The van der Waals surface area contributed by atoms with Crippen molar-refractivity contribution < 1.29 is 19.1 Å². The largest absolute Gasteiger partial charge is 0.494 e. The third kappa shape index (κ3) is 6.00. The molecule has 0 bridgehead atoms. The van der Waals surface area contributed by atoms with Crippen LogP contribution < -0.4 is 10.1 Å². The Balaban J connectivity index is 1.41. The fourth-order valence-corrected chi connectivity index (χ4v) is 5.09. The summed E-state index contributed by atoms with van der Waals surface area (Å²) < 4.78 is 12.6. The van der Waals surface area contributed by atoms with E-state index in [-0.39, 0.29) is 11.7 Å². The zero-order valence-corrected chi connectivity index (χ0v) is 23.0. The smallest absolute Gasteiger partial charge is 0.338 e. The lowest BCUT2D eigenvalue weighted by atomic mass is 10.1. The van der Waals surface area contributed by atoms with Crippen LogP contribution in [0.3, 0.4) is 0 Å². The van der Waals surface area contributed by atoms with Gasteiger partial charge in [0.25, 0.3) is 0 Å². The first-order valence-corrected chi connectivity index (χ1v) is 13.9. The van der Waals surface area contributed by atoms with E-state index in [4.69, 9.17) is 9.47 Å². The molecule has 0 aliphatic carbocycles. The second-order valence-corrected chi connectivity index (χ2v) is 9.68. The number of hydrogen-bond donors (Lipinski definition) is 1. The first-order valence-electron chi connectivity index (χ1n) is 12.9. The van der Waals surface area contributed by atoms with Crippen LogP contribution in [0.5, 0.6) is 5.75 Å². The molecule has 5 aromatic rings. The van der Waals surface area contributed by atoms with Gasteiger partial charge in [-0.15, -0.1) is 0 Å². The number of hydrogen-bond acceptors (Lipinski definition) is 7. The van der Waals surface area contributed by atoms with E-state index in [1.54, 1.807) is 31.2 Å². The molecular formula is C31H28N4O4S. The Morgan fingerprint density at radius 1 is 0.900 bits per heavy atom. The first kappa shape index (κ1) is 27.0. The molecular weight excluding hydrogens is 524 g/mol. The summed E-state index contributed by atoms with van der Waals surface area (Å²) in [6.45, 7) is 4.62. The maximum atomic E-state index is 12.8. The van der Waals surface area contributed by atoms with E-state index in [1.807, 2.05) is 66.1 Å². The van der Waals surface area contributed by atoms with Crippen LogP contribution in [0.4, 0.5) is 5.69 Å². The maximum absolute atomic E-state index is 12.8. The minimum Gasteiger partial charge on any atom is -0.494 e. The molecule has 0 fully saturated rings. The second-order valence-electron chi connectivity index (χ2n) is 8.72. The SMILES string of the molecule is CCOC(=O)c1ccc(NC(=O)CSc2ncnc3c2c(-c2ccccc2)cn3-c2ccc(OCC)cc2)cc1. The molecule has 9 heteroatoms. The Morgan fingerprint density at radius 2 is 1.65 bits per heavy atom. The van der Waals surface area contributed by atoms with Crippen LogP contribution in [0.15, 0.2) is 96.4 Å². The number of carbonyl (C=O) groups is 2. The van der Waals surface area contributed by atoms with E-state index in [1.165, 1.54) is 18.1 Å². The van der Waals surface area contributed by atoms with Crippen molar-refractivity contribution in [1.29, 1.82) is 0 Å². The summed E-state index contributed by atoms with van der Waals surface area (Å²) in [6.07, 6.45) is 3.58. The van der Waals surface area contributed by atoms with Crippen molar-refractivity contribution >= 4 is 40.4 Å². The van der Waals surface area contributed by atoms with Gasteiger partial charge in [0.05, 0.1) is 29.9 Å². The molecule has 1 N–H and O–H groups in total. The zero-order valence-electron chi connectivity index (χ0n) is 22.2. The van der Waals surface area contributed by atoms with E-state index in [2.05, 4.69) is 21.5 Å². The lowest BCUT2D eigenvalue weighted by Gasteiger charge is -2.08. The molecule has 0 radical (unpaired) electrons. The summed E-state index contributed by atoms with van der Waals surface area (Å²) in [5.74, 6) is 0.371. The average Bonchev–Trinajstić information content (AvgIpc) is 3.38. The van der Waals surface area contributed by atoms with Crippen LogP contribution in [0.2, 0.25) is 0 Å². The molecule has 40 heavy (non-hydrogen) atoms. The molecule has 0 spiro atoms. The third-order valence-corrected chi connectivity index (χ3v) is 7.07. The summed E-state index contributed by atoms with van der Waals surface area (Å²) in [4.78, 5) is 33.9. The minimum atomic E-state index is -0.393. The Morgan fingerprint density at radius 3 is 2.35 bits per heavy atom. The monoisotopic (exact) mass is 552 g/mol. The summed E-state index contributed by atoms with van der Waals surface area (Å²) in [5.41, 5.74) is 4.72. The second kappa shape index (κ2) is 12.5. The number of nitrogens with one attached hydrogen (secondary N) is 1. The van der Waals surface area contributed by atoms with E-state index in [9.17, 15) is 9.59 Å². The third-order valence-electron chi connectivity index (χ3n) is 6.08. The summed E-state index contributed by atoms with van der Waals surface area (Å²) in [6, 6.07) is 24.5. The predicted octanol–water partition coefficient (Wildman–Crippen LogP) is 6.39. The number of carbonyl (C=O) groups excluding carboxylic acids is 2. The molecule has 0 saturated heterocycles. The van der Waals surface area contributed by atoms with Crippen LogP contribution in [0.25, 0.3) is 27.8 Å². The van der Waals surface area contributed by atoms with E-state index >= 15 is 0 Å². The van der Waals surface area contributed by atoms with Crippen molar-refractivity contribution in [1.82, 2.24) is 14.5 Å². The van der Waals surface area contributed by atoms with Gasteiger partial charge in [0.2, 0.25) is 5.91 Å². The summed E-state index contributed by atoms with van der Waals surface area (Å²) >= 11 is 1.35. The van der Waals surface area contributed by atoms with Crippen LogP contribution in [0, 0.1) is 0 Å². The van der Waals surface area contributed by atoms with Gasteiger partial charge >= 0.3 is 5.97 Å². The Hall–Kier alpha value is -4.63. The maximum Gasteiger partial charge on any atom is 0.338 e. The molecule has 0 saturated carbocycles. The molecule has 0 atom stereocenters. The quantitative estimate of drug-likeness (QED) is 0.122. The van der Waals surface area contributed by atoms with Crippen molar-refractivity contribution in [3.63, 3.8) is 0 Å². The van der Waals surface area contributed by atoms with Crippen molar-refractivity contribution in [3.05, 3.63) is 97.0 Å². The Bertz CT molecular complexity index is 1620.